The van der Waals surface area contributed by atoms with E-state index in [0.29, 0.717) is 16.3 Å². The molecule has 0 aliphatic heterocycles. The molecule has 0 radical (unpaired) electrons. The molecule has 0 aliphatic rings. The number of thiocarbonyl (C=S) groups is 1. The maximum absolute atomic E-state index is 12.8. The molecule has 2 rings (SSSR count). The lowest BCUT2D eigenvalue weighted by molar-refractivity contribution is -0.115. The summed E-state index contributed by atoms with van der Waals surface area (Å²) in [4.78, 5) is 11.8. The topological polar surface area (TPSA) is 41.1 Å². The molecule has 0 unspecified atom stereocenters. The Morgan fingerprint density at radius 2 is 1.91 bits per heavy atom. The number of aryl methyl sites for hydroxylation is 1. The molecule has 1 amide bonds. The molecule has 6 heteroatoms. The summed E-state index contributed by atoms with van der Waals surface area (Å²) in [6, 6.07) is 11.2. The largest absolute Gasteiger partial charge is 0.332 e. The molecule has 3 nitrogen and oxygen atoms in total. The Bertz CT molecular complexity index is 760. The van der Waals surface area contributed by atoms with Crippen molar-refractivity contribution in [3.8, 4) is 0 Å². The molecule has 2 aromatic carbocycles. The minimum atomic E-state index is -0.384. The van der Waals surface area contributed by atoms with Crippen LogP contribution in [-0.4, -0.2) is 11.0 Å². The second-order valence-corrected chi connectivity index (χ2v) is 5.61. The summed E-state index contributed by atoms with van der Waals surface area (Å²) in [6.45, 7) is 1.90. The normalized spacial score (nSPS) is 10.6. The fraction of sp³-hybridized carbons (Fsp3) is 0.0588. The van der Waals surface area contributed by atoms with Crippen molar-refractivity contribution in [3.63, 3.8) is 0 Å². The Morgan fingerprint density at radius 1 is 1.22 bits per heavy atom. The van der Waals surface area contributed by atoms with Crippen LogP contribution in [0.3, 0.4) is 0 Å². The van der Waals surface area contributed by atoms with Gasteiger partial charge in [-0.1, -0.05) is 29.8 Å². The summed E-state index contributed by atoms with van der Waals surface area (Å²) in [5.74, 6) is -0.709. The van der Waals surface area contributed by atoms with E-state index in [2.05, 4.69) is 10.6 Å². The second kappa shape index (κ2) is 7.85. The molecule has 0 atom stereocenters. The summed E-state index contributed by atoms with van der Waals surface area (Å²) in [5, 5.41) is 6.18. The smallest absolute Gasteiger partial charge is 0.250 e. The molecule has 0 bridgehead atoms. The lowest BCUT2D eigenvalue weighted by Gasteiger charge is -2.09. The van der Waals surface area contributed by atoms with Gasteiger partial charge in [-0.2, -0.15) is 0 Å². The first kappa shape index (κ1) is 17.1. The minimum Gasteiger partial charge on any atom is -0.332 e. The van der Waals surface area contributed by atoms with Gasteiger partial charge in [-0.3, -0.25) is 10.1 Å². The number of carbonyl (C=O) groups is 1. The number of hydrogen-bond donors (Lipinski definition) is 2. The van der Waals surface area contributed by atoms with Gasteiger partial charge < -0.3 is 5.32 Å². The van der Waals surface area contributed by atoms with Gasteiger partial charge in [0.25, 0.3) is 0 Å². The molecule has 0 fully saturated rings. The average Bonchev–Trinajstić information content (AvgIpc) is 2.50. The summed E-state index contributed by atoms with van der Waals surface area (Å²) < 4.78 is 12.8. The van der Waals surface area contributed by atoms with Crippen molar-refractivity contribution in [1.29, 1.82) is 0 Å². The van der Waals surface area contributed by atoms with E-state index in [-0.39, 0.29) is 16.8 Å². The number of nitrogens with one attached hydrogen (secondary N) is 2. The van der Waals surface area contributed by atoms with Crippen LogP contribution >= 0.6 is 23.8 Å². The van der Waals surface area contributed by atoms with E-state index in [1.165, 1.54) is 18.2 Å². The van der Waals surface area contributed by atoms with Crippen molar-refractivity contribution in [3.05, 3.63) is 70.5 Å². The van der Waals surface area contributed by atoms with Crippen molar-refractivity contribution in [2.24, 2.45) is 0 Å². The van der Waals surface area contributed by atoms with E-state index in [9.17, 15) is 9.18 Å². The monoisotopic (exact) mass is 348 g/mol. The van der Waals surface area contributed by atoms with E-state index in [1.54, 1.807) is 24.3 Å². The fourth-order valence-corrected chi connectivity index (χ4v) is 2.13. The first-order chi connectivity index (χ1) is 10.9. The predicted molar refractivity (Wildman–Crippen MR) is 96.0 cm³/mol. The summed E-state index contributed by atoms with van der Waals surface area (Å²) in [7, 11) is 0. The third-order valence-electron chi connectivity index (χ3n) is 2.96. The highest BCUT2D eigenvalue weighted by Crippen LogP contribution is 2.19. The van der Waals surface area contributed by atoms with E-state index in [1.807, 2.05) is 19.1 Å². The van der Waals surface area contributed by atoms with Gasteiger partial charge in [0.05, 0.1) is 0 Å². The molecular formula is C17H14ClFN2OS. The average molecular weight is 349 g/mol. The third-order valence-corrected chi connectivity index (χ3v) is 3.57. The Kier molecular flexibility index (Phi) is 5.84. The number of rotatable bonds is 3. The summed E-state index contributed by atoms with van der Waals surface area (Å²) >= 11 is 11.1. The molecule has 2 N–H and O–H groups in total. The lowest BCUT2D eigenvalue weighted by atomic mass is 10.2. The molecule has 2 aromatic rings. The van der Waals surface area contributed by atoms with E-state index < -0.39 is 0 Å². The zero-order chi connectivity index (χ0) is 16.8. The molecule has 23 heavy (non-hydrogen) atoms. The van der Waals surface area contributed by atoms with Crippen LogP contribution < -0.4 is 10.6 Å². The fourth-order valence-electron chi connectivity index (χ4n) is 1.73. The highest BCUT2D eigenvalue weighted by Gasteiger charge is 2.03. The summed E-state index contributed by atoms with van der Waals surface area (Å²) in [5.41, 5.74) is 2.36. The van der Waals surface area contributed by atoms with Crippen molar-refractivity contribution in [2.75, 3.05) is 5.32 Å². The minimum absolute atomic E-state index is 0.165. The molecule has 0 saturated carbocycles. The zero-order valence-electron chi connectivity index (χ0n) is 12.3. The molecule has 0 aromatic heterocycles. The number of anilines is 1. The number of amides is 1. The molecule has 0 saturated heterocycles. The maximum Gasteiger partial charge on any atom is 0.250 e. The van der Waals surface area contributed by atoms with E-state index >= 15 is 0 Å². The van der Waals surface area contributed by atoms with Crippen LogP contribution in [0.2, 0.25) is 5.02 Å². The molecule has 118 valence electrons. The van der Waals surface area contributed by atoms with Crippen molar-refractivity contribution in [2.45, 2.75) is 6.92 Å². The van der Waals surface area contributed by atoms with Crippen molar-refractivity contribution < 1.29 is 9.18 Å². The van der Waals surface area contributed by atoms with Crippen LogP contribution in [0.5, 0.6) is 0 Å². The number of hydrogen-bond acceptors (Lipinski definition) is 2. The van der Waals surface area contributed by atoms with Crippen molar-refractivity contribution >= 4 is 46.6 Å². The number of benzene rings is 2. The Hall–Kier alpha value is -2.24. The first-order valence-corrected chi connectivity index (χ1v) is 7.54. The standard InChI is InChI=1S/C17H14ClFN2OS/c1-11-2-8-14(10-15(11)18)20-17(23)21-16(22)9-5-12-3-6-13(19)7-4-12/h2-10H,1H3,(H2,20,21,22,23). The van der Waals surface area contributed by atoms with Crippen LogP contribution in [-0.2, 0) is 4.79 Å². The summed E-state index contributed by atoms with van der Waals surface area (Å²) in [6.07, 6.45) is 2.89. The molecule has 0 spiro atoms. The zero-order valence-corrected chi connectivity index (χ0v) is 13.8. The molecule has 0 aliphatic carbocycles. The van der Waals surface area contributed by atoms with E-state index in [4.69, 9.17) is 23.8 Å². The predicted octanol–water partition coefficient (Wildman–Crippen LogP) is 4.31. The quantitative estimate of drug-likeness (QED) is 0.641. The maximum atomic E-state index is 12.8. The van der Waals surface area contributed by atoms with Gasteiger partial charge in [-0.25, -0.2) is 4.39 Å². The van der Waals surface area contributed by atoms with Crippen LogP contribution in [0.4, 0.5) is 10.1 Å². The molecular weight excluding hydrogens is 335 g/mol. The Morgan fingerprint density at radius 3 is 2.57 bits per heavy atom. The van der Waals surface area contributed by atoms with Gasteiger partial charge in [0.15, 0.2) is 5.11 Å². The van der Waals surface area contributed by atoms with Gasteiger partial charge in [-0.05, 0) is 60.6 Å². The van der Waals surface area contributed by atoms with Gasteiger partial charge >= 0.3 is 0 Å². The lowest BCUT2D eigenvalue weighted by Crippen LogP contribution is -2.32. The van der Waals surface area contributed by atoms with Crippen molar-refractivity contribution in [1.82, 2.24) is 5.32 Å². The highest BCUT2D eigenvalue weighted by molar-refractivity contribution is 7.80. The number of halogens is 2. The number of carbonyl (C=O) groups excluding carboxylic acids is 1. The first-order valence-electron chi connectivity index (χ1n) is 6.76. The SMILES string of the molecule is Cc1ccc(NC(=S)NC(=O)C=Cc2ccc(F)cc2)cc1Cl. The molecule has 0 heterocycles. The Balaban J connectivity index is 1.90. The Labute approximate surface area is 144 Å². The van der Waals surface area contributed by atoms with E-state index in [0.717, 1.165) is 5.56 Å². The van der Waals surface area contributed by atoms with Crippen LogP contribution in [0.15, 0.2) is 48.5 Å². The second-order valence-electron chi connectivity index (χ2n) is 4.79. The van der Waals surface area contributed by atoms with Gasteiger partial charge in [0.2, 0.25) is 5.91 Å². The van der Waals surface area contributed by atoms with Gasteiger partial charge in [0.1, 0.15) is 5.82 Å². The van der Waals surface area contributed by atoms with Crippen LogP contribution in [0, 0.1) is 12.7 Å². The highest BCUT2D eigenvalue weighted by atomic mass is 35.5. The van der Waals surface area contributed by atoms with Gasteiger partial charge in [0, 0.05) is 16.8 Å². The van der Waals surface area contributed by atoms with Crippen LogP contribution in [0.25, 0.3) is 6.08 Å². The third kappa shape index (κ3) is 5.47. The van der Waals surface area contributed by atoms with Crippen LogP contribution in [0.1, 0.15) is 11.1 Å². The van der Waals surface area contributed by atoms with Gasteiger partial charge in [-0.15, -0.1) is 0 Å².